The molecule has 0 saturated heterocycles. The van der Waals surface area contributed by atoms with Gasteiger partial charge in [-0.25, -0.2) is 4.39 Å². The standard InChI is InChI=1S/C15H13Cl2FO/c1-9-11(5-3-6-12(9)16)14(19)8-10-4-2-7-13(17)15(10)18/h2-7,14,19H,8H2,1H3. The van der Waals surface area contributed by atoms with E-state index in [2.05, 4.69) is 0 Å². The number of halogens is 3. The number of hydrogen-bond donors (Lipinski definition) is 1. The molecule has 0 radical (unpaired) electrons. The molecule has 0 aliphatic rings. The van der Waals surface area contributed by atoms with Gasteiger partial charge >= 0.3 is 0 Å². The minimum absolute atomic E-state index is 0.0625. The van der Waals surface area contributed by atoms with Crippen molar-refractivity contribution < 1.29 is 9.50 Å². The van der Waals surface area contributed by atoms with Gasteiger partial charge in [0, 0.05) is 11.4 Å². The first-order chi connectivity index (χ1) is 9.00. The van der Waals surface area contributed by atoms with Crippen LogP contribution >= 0.6 is 23.2 Å². The summed E-state index contributed by atoms with van der Waals surface area (Å²) in [6, 6.07) is 10.1. The molecular formula is C15H13Cl2FO. The number of benzene rings is 2. The van der Waals surface area contributed by atoms with Crippen molar-refractivity contribution in [3.8, 4) is 0 Å². The lowest BCUT2D eigenvalue weighted by Gasteiger charge is -2.15. The van der Waals surface area contributed by atoms with Crippen LogP contribution in [0.2, 0.25) is 10.0 Å². The summed E-state index contributed by atoms with van der Waals surface area (Å²) in [4.78, 5) is 0. The summed E-state index contributed by atoms with van der Waals surface area (Å²) < 4.78 is 13.8. The summed E-state index contributed by atoms with van der Waals surface area (Å²) in [5.41, 5.74) is 1.89. The fraction of sp³-hybridized carbons (Fsp3) is 0.200. The zero-order valence-corrected chi connectivity index (χ0v) is 11.8. The van der Waals surface area contributed by atoms with Gasteiger partial charge in [-0.3, -0.25) is 0 Å². The molecule has 100 valence electrons. The van der Waals surface area contributed by atoms with E-state index >= 15 is 0 Å². The lowest BCUT2D eigenvalue weighted by atomic mass is 9.97. The van der Waals surface area contributed by atoms with Gasteiger partial charge in [-0.05, 0) is 35.7 Å². The molecule has 2 rings (SSSR count). The van der Waals surface area contributed by atoms with Crippen LogP contribution in [-0.4, -0.2) is 5.11 Å². The molecule has 0 bridgehead atoms. The van der Waals surface area contributed by atoms with E-state index in [1.807, 2.05) is 6.92 Å². The summed E-state index contributed by atoms with van der Waals surface area (Å²) in [6.07, 6.45) is -0.653. The number of rotatable bonds is 3. The SMILES string of the molecule is Cc1c(Cl)cccc1C(O)Cc1cccc(Cl)c1F. The molecule has 0 aromatic heterocycles. The van der Waals surface area contributed by atoms with Crippen molar-refractivity contribution in [2.24, 2.45) is 0 Å². The van der Waals surface area contributed by atoms with Crippen molar-refractivity contribution in [3.63, 3.8) is 0 Å². The molecule has 0 aliphatic heterocycles. The first-order valence-corrected chi connectivity index (χ1v) is 6.62. The molecule has 0 fully saturated rings. The average molecular weight is 299 g/mol. The Morgan fingerprint density at radius 2 is 1.74 bits per heavy atom. The molecule has 4 heteroatoms. The molecule has 2 aromatic carbocycles. The maximum atomic E-state index is 13.8. The van der Waals surface area contributed by atoms with Crippen LogP contribution in [0.1, 0.15) is 22.8 Å². The van der Waals surface area contributed by atoms with Gasteiger partial charge in [-0.2, -0.15) is 0 Å². The van der Waals surface area contributed by atoms with Gasteiger partial charge in [0.15, 0.2) is 0 Å². The van der Waals surface area contributed by atoms with E-state index in [1.54, 1.807) is 30.3 Å². The van der Waals surface area contributed by atoms with E-state index in [-0.39, 0.29) is 11.4 Å². The average Bonchev–Trinajstić information content (AvgIpc) is 2.38. The maximum Gasteiger partial charge on any atom is 0.145 e. The smallest absolute Gasteiger partial charge is 0.145 e. The minimum Gasteiger partial charge on any atom is -0.388 e. The quantitative estimate of drug-likeness (QED) is 0.869. The van der Waals surface area contributed by atoms with Gasteiger partial charge < -0.3 is 5.11 Å². The Kier molecular flexibility index (Phi) is 4.46. The molecule has 0 aliphatic carbocycles. The van der Waals surface area contributed by atoms with Crippen molar-refractivity contribution in [2.45, 2.75) is 19.4 Å². The van der Waals surface area contributed by atoms with Crippen molar-refractivity contribution >= 4 is 23.2 Å². The highest BCUT2D eigenvalue weighted by atomic mass is 35.5. The Labute approximate surface area is 121 Å². The predicted molar refractivity (Wildman–Crippen MR) is 76.3 cm³/mol. The number of aliphatic hydroxyl groups excluding tert-OH is 1. The van der Waals surface area contributed by atoms with Crippen LogP contribution in [-0.2, 0) is 6.42 Å². The van der Waals surface area contributed by atoms with Crippen molar-refractivity contribution in [2.75, 3.05) is 0 Å². The maximum absolute atomic E-state index is 13.8. The fourth-order valence-corrected chi connectivity index (χ4v) is 2.39. The molecule has 0 spiro atoms. The zero-order chi connectivity index (χ0) is 14.0. The Morgan fingerprint density at radius 3 is 2.47 bits per heavy atom. The van der Waals surface area contributed by atoms with E-state index in [0.717, 1.165) is 5.56 Å². The second-order valence-electron chi connectivity index (χ2n) is 4.39. The van der Waals surface area contributed by atoms with Crippen LogP contribution in [0.5, 0.6) is 0 Å². The third-order valence-electron chi connectivity index (χ3n) is 3.11. The highest BCUT2D eigenvalue weighted by molar-refractivity contribution is 6.31. The molecule has 0 amide bonds. The molecule has 2 aromatic rings. The topological polar surface area (TPSA) is 20.2 Å². The second kappa shape index (κ2) is 5.91. The Morgan fingerprint density at radius 1 is 1.11 bits per heavy atom. The lowest BCUT2D eigenvalue weighted by Crippen LogP contribution is -2.05. The fourth-order valence-electron chi connectivity index (χ4n) is 2.01. The summed E-state index contributed by atoms with van der Waals surface area (Å²) in [5.74, 6) is -0.483. The molecule has 1 nitrogen and oxygen atoms in total. The van der Waals surface area contributed by atoms with E-state index in [1.165, 1.54) is 6.07 Å². The summed E-state index contributed by atoms with van der Waals surface area (Å²) in [6.45, 7) is 1.83. The minimum atomic E-state index is -0.813. The summed E-state index contributed by atoms with van der Waals surface area (Å²) >= 11 is 11.7. The van der Waals surface area contributed by atoms with Gasteiger partial charge in [0.25, 0.3) is 0 Å². The Bertz CT molecular complexity index is 599. The van der Waals surface area contributed by atoms with Gasteiger partial charge in [0.05, 0.1) is 11.1 Å². The van der Waals surface area contributed by atoms with Crippen molar-refractivity contribution in [1.29, 1.82) is 0 Å². The van der Waals surface area contributed by atoms with Crippen LogP contribution < -0.4 is 0 Å². The van der Waals surface area contributed by atoms with E-state index in [0.29, 0.717) is 16.1 Å². The van der Waals surface area contributed by atoms with Crippen LogP contribution in [0.3, 0.4) is 0 Å². The molecule has 1 unspecified atom stereocenters. The lowest BCUT2D eigenvalue weighted by molar-refractivity contribution is 0.176. The molecule has 19 heavy (non-hydrogen) atoms. The summed E-state index contributed by atoms with van der Waals surface area (Å²) in [5, 5.41) is 10.9. The van der Waals surface area contributed by atoms with Crippen LogP contribution in [0.15, 0.2) is 36.4 Å². The number of aliphatic hydroxyl groups is 1. The van der Waals surface area contributed by atoms with Gasteiger partial charge in [-0.1, -0.05) is 47.5 Å². The van der Waals surface area contributed by atoms with Crippen LogP contribution in [0.4, 0.5) is 4.39 Å². The first kappa shape index (κ1) is 14.3. The van der Waals surface area contributed by atoms with Gasteiger partial charge in [-0.15, -0.1) is 0 Å². The molecule has 0 saturated carbocycles. The van der Waals surface area contributed by atoms with Crippen LogP contribution in [0.25, 0.3) is 0 Å². The van der Waals surface area contributed by atoms with E-state index < -0.39 is 11.9 Å². The third-order valence-corrected chi connectivity index (χ3v) is 3.81. The first-order valence-electron chi connectivity index (χ1n) is 5.86. The van der Waals surface area contributed by atoms with E-state index in [4.69, 9.17) is 23.2 Å². The van der Waals surface area contributed by atoms with Crippen molar-refractivity contribution in [3.05, 3.63) is 69.0 Å². The highest BCUT2D eigenvalue weighted by Crippen LogP contribution is 2.28. The largest absolute Gasteiger partial charge is 0.388 e. The van der Waals surface area contributed by atoms with Crippen molar-refractivity contribution in [1.82, 2.24) is 0 Å². The predicted octanol–water partition coefficient (Wildman–Crippen LogP) is 4.72. The number of hydrogen-bond acceptors (Lipinski definition) is 1. The highest BCUT2D eigenvalue weighted by Gasteiger charge is 2.15. The van der Waals surface area contributed by atoms with Crippen LogP contribution in [0, 0.1) is 12.7 Å². The molecule has 1 atom stereocenters. The summed E-state index contributed by atoms with van der Waals surface area (Å²) in [7, 11) is 0. The van der Waals surface area contributed by atoms with Gasteiger partial charge in [0.2, 0.25) is 0 Å². The second-order valence-corrected chi connectivity index (χ2v) is 5.20. The van der Waals surface area contributed by atoms with Gasteiger partial charge in [0.1, 0.15) is 5.82 Å². The molecular weight excluding hydrogens is 286 g/mol. The third kappa shape index (κ3) is 3.08. The zero-order valence-electron chi connectivity index (χ0n) is 10.3. The Balaban J connectivity index is 2.28. The Hall–Kier alpha value is -1.09. The molecule has 1 N–H and O–H groups in total. The van der Waals surface area contributed by atoms with E-state index in [9.17, 15) is 9.50 Å². The normalized spacial score (nSPS) is 12.5. The molecule has 0 heterocycles. The monoisotopic (exact) mass is 298 g/mol.